The Kier molecular flexibility index (Phi) is 2.16. The zero-order valence-electron chi connectivity index (χ0n) is 9.89. The Morgan fingerprint density at radius 1 is 1.24 bits per heavy atom. The van der Waals surface area contributed by atoms with Crippen LogP contribution in [0.5, 0.6) is 0 Å². The minimum atomic E-state index is -0.578. The van der Waals surface area contributed by atoms with Gasteiger partial charge in [-0.1, -0.05) is 12.1 Å². The van der Waals surface area contributed by atoms with Crippen LogP contribution in [0, 0.1) is 0 Å². The minimum absolute atomic E-state index is 0.148. The van der Waals surface area contributed by atoms with E-state index in [1.54, 1.807) is 12.1 Å². The standard InChI is InChI=1S/C13H16N2O2/c1-14-12(16)6-9-15(14)11-4-2-10(3-5-11)13(17)7-8-13/h2-5,17H,6-9H2,1H3. The fourth-order valence-electron chi connectivity index (χ4n) is 2.30. The lowest BCUT2D eigenvalue weighted by molar-refractivity contribution is -0.126. The van der Waals surface area contributed by atoms with Gasteiger partial charge in [0.15, 0.2) is 0 Å². The Morgan fingerprint density at radius 2 is 1.88 bits per heavy atom. The number of hydrogen-bond donors (Lipinski definition) is 1. The third-order valence-electron chi connectivity index (χ3n) is 3.69. The van der Waals surface area contributed by atoms with Crippen molar-refractivity contribution < 1.29 is 9.90 Å². The van der Waals surface area contributed by atoms with Crippen LogP contribution in [0.25, 0.3) is 0 Å². The molecule has 1 aromatic carbocycles. The zero-order chi connectivity index (χ0) is 12.0. The summed E-state index contributed by atoms with van der Waals surface area (Å²) < 4.78 is 0. The Bertz CT molecular complexity index is 451. The molecule has 1 aliphatic heterocycles. The molecular formula is C13H16N2O2. The first-order chi connectivity index (χ1) is 8.10. The average Bonchev–Trinajstić information content (AvgIpc) is 3.00. The number of carbonyl (C=O) groups is 1. The van der Waals surface area contributed by atoms with Gasteiger partial charge in [0.05, 0.1) is 11.3 Å². The van der Waals surface area contributed by atoms with Gasteiger partial charge in [-0.2, -0.15) is 0 Å². The van der Waals surface area contributed by atoms with Crippen molar-refractivity contribution in [3.8, 4) is 0 Å². The van der Waals surface area contributed by atoms with Crippen LogP contribution in [-0.2, 0) is 10.4 Å². The molecule has 1 aromatic rings. The topological polar surface area (TPSA) is 43.8 Å². The maximum Gasteiger partial charge on any atom is 0.242 e. The number of nitrogens with zero attached hydrogens (tertiary/aromatic N) is 2. The van der Waals surface area contributed by atoms with E-state index in [0.29, 0.717) is 6.42 Å². The van der Waals surface area contributed by atoms with Crippen LogP contribution in [0.4, 0.5) is 5.69 Å². The van der Waals surface area contributed by atoms with Crippen molar-refractivity contribution in [2.24, 2.45) is 0 Å². The van der Waals surface area contributed by atoms with Gasteiger partial charge >= 0.3 is 0 Å². The SMILES string of the molecule is CN1C(=O)CCN1c1ccc(C2(O)CC2)cc1. The number of carbonyl (C=O) groups excluding carboxylic acids is 1. The minimum Gasteiger partial charge on any atom is -0.385 e. The quantitative estimate of drug-likeness (QED) is 0.834. The molecule has 2 aliphatic rings. The predicted molar refractivity (Wildman–Crippen MR) is 64.3 cm³/mol. The summed E-state index contributed by atoms with van der Waals surface area (Å²) in [6.45, 7) is 0.735. The molecule has 1 aliphatic carbocycles. The van der Waals surface area contributed by atoms with Crippen LogP contribution >= 0.6 is 0 Å². The monoisotopic (exact) mass is 232 g/mol. The molecule has 4 heteroatoms. The summed E-state index contributed by atoms with van der Waals surface area (Å²) in [6, 6.07) is 7.86. The average molecular weight is 232 g/mol. The Morgan fingerprint density at radius 3 is 2.35 bits per heavy atom. The molecule has 0 unspecified atom stereocenters. The smallest absolute Gasteiger partial charge is 0.242 e. The highest BCUT2D eigenvalue weighted by Crippen LogP contribution is 2.45. The van der Waals surface area contributed by atoms with Crippen molar-refractivity contribution in [2.45, 2.75) is 24.9 Å². The maximum absolute atomic E-state index is 11.4. The van der Waals surface area contributed by atoms with E-state index in [2.05, 4.69) is 0 Å². The van der Waals surface area contributed by atoms with E-state index in [4.69, 9.17) is 0 Å². The van der Waals surface area contributed by atoms with E-state index < -0.39 is 5.60 Å². The molecule has 1 saturated heterocycles. The van der Waals surface area contributed by atoms with Crippen molar-refractivity contribution >= 4 is 11.6 Å². The van der Waals surface area contributed by atoms with Crippen LogP contribution < -0.4 is 5.01 Å². The zero-order valence-corrected chi connectivity index (χ0v) is 9.89. The largest absolute Gasteiger partial charge is 0.385 e. The van der Waals surface area contributed by atoms with Crippen molar-refractivity contribution in [1.82, 2.24) is 5.01 Å². The highest BCUT2D eigenvalue weighted by atomic mass is 16.3. The molecule has 0 radical (unpaired) electrons. The van der Waals surface area contributed by atoms with Gasteiger partial charge in [-0.25, -0.2) is 0 Å². The van der Waals surface area contributed by atoms with Gasteiger partial charge in [-0.3, -0.25) is 14.8 Å². The van der Waals surface area contributed by atoms with Crippen molar-refractivity contribution in [1.29, 1.82) is 0 Å². The molecule has 1 saturated carbocycles. The molecule has 1 N–H and O–H groups in total. The number of rotatable bonds is 2. The van der Waals surface area contributed by atoms with Gasteiger partial charge in [0.2, 0.25) is 5.91 Å². The highest BCUT2D eigenvalue weighted by molar-refractivity contribution is 5.81. The predicted octanol–water partition coefficient (Wildman–Crippen LogP) is 1.25. The molecule has 0 spiro atoms. The van der Waals surface area contributed by atoms with Gasteiger partial charge in [0.25, 0.3) is 0 Å². The lowest BCUT2D eigenvalue weighted by Crippen LogP contribution is -2.35. The number of benzene rings is 1. The number of aliphatic hydroxyl groups is 1. The first-order valence-corrected chi connectivity index (χ1v) is 5.97. The van der Waals surface area contributed by atoms with E-state index in [0.717, 1.165) is 30.6 Å². The molecule has 4 nitrogen and oxygen atoms in total. The van der Waals surface area contributed by atoms with Gasteiger partial charge in [-0.05, 0) is 30.5 Å². The van der Waals surface area contributed by atoms with Crippen LogP contribution in [0.2, 0.25) is 0 Å². The summed E-state index contributed by atoms with van der Waals surface area (Å²) in [6.07, 6.45) is 2.28. The lowest BCUT2D eigenvalue weighted by Gasteiger charge is -2.26. The maximum atomic E-state index is 11.4. The highest BCUT2D eigenvalue weighted by Gasteiger charge is 2.42. The molecule has 1 amide bonds. The summed E-state index contributed by atoms with van der Waals surface area (Å²) in [4.78, 5) is 11.4. The van der Waals surface area contributed by atoms with Crippen molar-refractivity contribution in [3.05, 3.63) is 29.8 Å². The van der Waals surface area contributed by atoms with E-state index in [1.165, 1.54) is 0 Å². The third-order valence-corrected chi connectivity index (χ3v) is 3.69. The molecule has 0 bridgehead atoms. The third kappa shape index (κ3) is 1.69. The fraction of sp³-hybridized carbons (Fsp3) is 0.462. The number of anilines is 1. The molecule has 0 aromatic heterocycles. The summed E-state index contributed by atoms with van der Waals surface area (Å²) >= 11 is 0. The van der Waals surface area contributed by atoms with Gasteiger partial charge in [-0.15, -0.1) is 0 Å². The Hall–Kier alpha value is -1.55. The summed E-state index contributed by atoms with van der Waals surface area (Å²) in [7, 11) is 1.79. The van der Waals surface area contributed by atoms with E-state index in [9.17, 15) is 9.90 Å². The molecule has 90 valence electrons. The van der Waals surface area contributed by atoms with Crippen molar-refractivity contribution in [3.63, 3.8) is 0 Å². The second kappa shape index (κ2) is 3.47. The number of amides is 1. The normalized spacial score (nSPS) is 22.1. The fourth-order valence-corrected chi connectivity index (χ4v) is 2.30. The summed E-state index contributed by atoms with van der Waals surface area (Å²) in [5, 5.41) is 13.6. The molecule has 17 heavy (non-hydrogen) atoms. The lowest BCUT2D eigenvalue weighted by atomic mass is 10.1. The van der Waals surface area contributed by atoms with Crippen LogP contribution in [-0.4, -0.2) is 29.6 Å². The number of hydrazine groups is 1. The van der Waals surface area contributed by atoms with Gasteiger partial charge < -0.3 is 5.11 Å². The van der Waals surface area contributed by atoms with Crippen molar-refractivity contribution in [2.75, 3.05) is 18.6 Å². The van der Waals surface area contributed by atoms with Crippen LogP contribution in [0.1, 0.15) is 24.8 Å². The van der Waals surface area contributed by atoms with Crippen LogP contribution in [0.3, 0.4) is 0 Å². The second-order valence-corrected chi connectivity index (χ2v) is 4.87. The first kappa shape index (κ1) is 10.6. The Balaban J connectivity index is 1.83. The molecule has 2 fully saturated rings. The Labute approximate surface area is 100 Å². The molecule has 1 heterocycles. The van der Waals surface area contributed by atoms with E-state index >= 15 is 0 Å². The first-order valence-electron chi connectivity index (χ1n) is 5.97. The van der Waals surface area contributed by atoms with Gasteiger partial charge in [0, 0.05) is 20.0 Å². The molecule has 3 rings (SSSR count). The molecule has 0 atom stereocenters. The summed E-state index contributed by atoms with van der Waals surface area (Å²) in [5.41, 5.74) is 1.41. The van der Waals surface area contributed by atoms with Crippen LogP contribution in [0.15, 0.2) is 24.3 Å². The van der Waals surface area contributed by atoms with E-state index in [1.807, 2.05) is 29.3 Å². The van der Waals surface area contributed by atoms with Gasteiger partial charge in [0.1, 0.15) is 0 Å². The number of hydrogen-bond acceptors (Lipinski definition) is 3. The molecular weight excluding hydrogens is 216 g/mol. The summed E-state index contributed by atoms with van der Waals surface area (Å²) in [5.74, 6) is 0.148. The second-order valence-electron chi connectivity index (χ2n) is 4.87. The van der Waals surface area contributed by atoms with E-state index in [-0.39, 0.29) is 5.91 Å².